The number of likely N-dealkylation sites (N-methyl/N-ethyl adjacent to an activating group) is 1. The summed E-state index contributed by atoms with van der Waals surface area (Å²) >= 11 is 0. The van der Waals surface area contributed by atoms with E-state index in [9.17, 15) is 4.79 Å². The Kier molecular flexibility index (Phi) is 11.2. The van der Waals surface area contributed by atoms with Crippen LogP contribution in [0, 0.1) is 0 Å². The maximum absolute atomic E-state index is 11.0. The number of nitrogens with one attached hydrogen (secondary N) is 1. The minimum absolute atomic E-state index is 0. The van der Waals surface area contributed by atoms with Crippen molar-refractivity contribution in [1.29, 1.82) is 0 Å². The van der Waals surface area contributed by atoms with E-state index in [4.69, 9.17) is 9.52 Å². The molecule has 0 amide bonds. The van der Waals surface area contributed by atoms with Gasteiger partial charge < -0.3 is 19.7 Å². The lowest BCUT2D eigenvalue weighted by molar-refractivity contribution is 0.0697. The number of nitrogens with zero attached hydrogens (tertiary/aromatic N) is 1. The first-order valence-electron chi connectivity index (χ1n) is 7.99. The molecule has 140 valence electrons. The molecule has 7 heteroatoms. The zero-order valence-corrected chi connectivity index (χ0v) is 16.2. The van der Waals surface area contributed by atoms with Crippen molar-refractivity contribution >= 4 is 30.8 Å². The number of hydrogen-bond donors (Lipinski definition) is 2. The summed E-state index contributed by atoms with van der Waals surface area (Å²) in [5.74, 6) is 0.602. The molecule has 0 aliphatic carbocycles. The van der Waals surface area contributed by atoms with Gasteiger partial charge in [0, 0.05) is 18.7 Å². The van der Waals surface area contributed by atoms with Crippen LogP contribution in [0.5, 0.6) is 0 Å². The Morgan fingerprint density at radius 2 is 1.88 bits per heavy atom. The van der Waals surface area contributed by atoms with E-state index in [0.717, 1.165) is 37.5 Å². The Morgan fingerprint density at radius 3 is 2.52 bits per heavy atom. The van der Waals surface area contributed by atoms with Crippen LogP contribution in [0.15, 0.2) is 40.8 Å². The second kappa shape index (κ2) is 11.9. The number of carboxylic acids is 1. The molecule has 0 atom stereocenters. The van der Waals surface area contributed by atoms with Crippen LogP contribution in [0.2, 0.25) is 0 Å². The average Bonchev–Trinajstić information content (AvgIpc) is 3.04. The Hall–Kier alpha value is -1.53. The summed E-state index contributed by atoms with van der Waals surface area (Å²) in [7, 11) is 0. The predicted octanol–water partition coefficient (Wildman–Crippen LogP) is 3.92. The van der Waals surface area contributed by atoms with Crippen LogP contribution in [0.3, 0.4) is 0 Å². The van der Waals surface area contributed by atoms with Gasteiger partial charge in [0.1, 0.15) is 11.5 Å². The second-order valence-electron chi connectivity index (χ2n) is 5.36. The minimum atomic E-state index is -0.934. The van der Waals surface area contributed by atoms with Gasteiger partial charge in [-0.2, -0.15) is 0 Å². The molecule has 0 fully saturated rings. The first kappa shape index (κ1) is 23.5. The van der Waals surface area contributed by atoms with E-state index in [2.05, 4.69) is 24.1 Å². The second-order valence-corrected chi connectivity index (χ2v) is 5.36. The highest BCUT2D eigenvalue weighted by Crippen LogP contribution is 2.23. The van der Waals surface area contributed by atoms with Crippen molar-refractivity contribution in [3.8, 4) is 11.3 Å². The number of aromatic carboxylic acids is 1. The van der Waals surface area contributed by atoms with Crippen molar-refractivity contribution < 1.29 is 14.3 Å². The Bertz CT molecular complexity index is 643. The number of carboxylic acid groups (broad SMARTS) is 1. The van der Waals surface area contributed by atoms with Crippen LogP contribution in [0.4, 0.5) is 0 Å². The zero-order valence-electron chi connectivity index (χ0n) is 14.5. The SMILES string of the molecule is CCN(CC)CCNCc1ccc(-c2cccc(C(=O)O)c2)o1.Cl.Cl. The Morgan fingerprint density at radius 1 is 1.16 bits per heavy atom. The van der Waals surface area contributed by atoms with Gasteiger partial charge in [-0.1, -0.05) is 26.0 Å². The smallest absolute Gasteiger partial charge is 0.335 e. The van der Waals surface area contributed by atoms with Crippen LogP contribution in [-0.2, 0) is 6.54 Å². The molecule has 0 spiro atoms. The fraction of sp³-hybridized carbons (Fsp3) is 0.389. The number of carbonyl (C=O) groups is 1. The summed E-state index contributed by atoms with van der Waals surface area (Å²) in [6, 6.07) is 10.6. The highest BCUT2D eigenvalue weighted by atomic mass is 35.5. The number of halogens is 2. The van der Waals surface area contributed by atoms with Gasteiger partial charge in [-0.15, -0.1) is 24.8 Å². The number of rotatable bonds is 9. The summed E-state index contributed by atoms with van der Waals surface area (Å²) in [4.78, 5) is 13.4. The average molecular weight is 389 g/mol. The normalized spacial score (nSPS) is 10.2. The first-order chi connectivity index (χ1) is 11.1. The van der Waals surface area contributed by atoms with Gasteiger partial charge in [0.25, 0.3) is 0 Å². The number of benzene rings is 1. The third-order valence-electron chi connectivity index (χ3n) is 3.85. The highest BCUT2D eigenvalue weighted by molar-refractivity contribution is 5.89. The van der Waals surface area contributed by atoms with Gasteiger partial charge in [-0.25, -0.2) is 4.79 Å². The van der Waals surface area contributed by atoms with Gasteiger partial charge in [0.15, 0.2) is 0 Å². The Labute approximate surface area is 161 Å². The summed E-state index contributed by atoms with van der Waals surface area (Å²) < 4.78 is 5.80. The molecule has 0 bridgehead atoms. The summed E-state index contributed by atoms with van der Waals surface area (Å²) in [6.45, 7) is 9.03. The predicted molar refractivity (Wildman–Crippen MR) is 105 cm³/mol. The van der Waals surface area contributed by atoms with E-state index in [1.54, 1.807) is 18.2 Å². The van der Waals surface area contributed by atoms with Crippen molar-refractivity contribution in [2.45, 2.75) is 20.4 Å². The van der Waals surface area contributed by atoms with E-state index >= 15 is 0 Å². The fourth-order valence-electron chi connectivity index (χ4n) is 2.42. The van der Waals surface area contributed by atoms with Crippen molar-refractivity contribution in [3.63, 3.8) is 0 Å². The van der Waals surface area contributed by atoms with E-state index in [1.807, 2.05) is 18.2 Å². The van der Waals surface area contributed by atoms with Crippen LogP contribution < -0.4 is 5.32 Å². The first-order valence-corrected chi connectivity index (χ1v) is 7.99. The highest BCUT2D eigenvalue weighted by Gasteiger charge is 2.08. The third-order valence-corrected chi connectivity index (χ3v) is 3.85. The van der Waals surface area contributed by atoms with Gasteiger partial charge in [-0.3, -0.25) is 0 Å². The molecule has 0 unspecified atom stereocenters. The standard InChI is InChI=1S/C18H24N2O3.2ClH/c1-3-20(4-2)11-10-19-13-16-8-9-17(23-16)14-6-5-7-15(12-14)18(21)22;;/h5-9,12,19H,3-4,10-11,13H2,1-2H3,(H,21,22);2*1H. The third kappa shape index (κ3) is 7.08. The molecule has 25 heavy (non-hydrogen) atoms. The molecule has 5 nitrogen and oxygen atoms in total. The van der Waals surface area contributed by atoms with Crippen LogP contribution in [-0.4, -0.2) is 42.2 Å². The lowest BCUT2D eigenvalue weighted by Crippen LogP contribution is -2.31. The van der Waals surface area contributed by atoms with Gasteiger partial charge in [-0.05, 0) is 37.4 Å². The topological polar surface area (TPSA) is 65.7 Å². The van der Waals surface area contributed by atoms with Crippen molar-refractivity contribution in [1.82, 2.24) is 10.2 Å². The number of furan rings is 1. The van der Waals surface area contributed by atoms with Crippen molar-refractivity contribution in [2.75, 3.05) is 26.2 Å². The Balaban J connectivity index is 0.00000288. The van der Waals surface area contributed by atoms with Crippen LogP contribution >= 0.6 is 24.8 Å². The van der Waals surface area contributed by atoms with Crippen molar-refractivity contribution in [3.05, 3.63) is 47.7 Å². The molecule has 0 aliphatic rings. The van der Waals surface area contributed by atoms with Crippen molar-refractivity contribution in [2.24, 2.45) is 0 Å². The fourth-order valence-corrected chi connectivity index (χ4v) is 2.42. The molecule has 1 heterocycles. The summed E-state index contributed by atoms with van der Waals surface area (Å²) in [6.07, 6.45) is 0. The molecule has 0 saturated heterocycles. The molecule has 2 N–H and O–H groups in total. The van der Waals surface area contributed by atoms with E-state index in [-0.39, 0.29) is 30.4 Å². The number of hydrogen-bond acceptors (Lipinski definition) is 4. The van der Waals surface area contributed by atoms with Gasteiger partial charge in [0.05, 0.1) is 12.1 Å². The monoisotopic (exact) mass is 388 g/mol. The molecule has 0 saturated carbocycles. The van der Waals surface area contributed by atoms with Crippen LogP contribution in [0.25, 0.3) is 11.3 Å². The lowest BCUT2D eigenvalue weighted by Gasteiger charge is -2.17. The van der Waals surface area contributed by atoms with Crippen LogP contribution in [0.1, 0.15) is 30.0 Å². The summed E-state index contributed by atoms with van der Waals surface area (Å²) in [5, 5.41) is 12.4. The molecule has 2 rings (SSSR count). The molecular formula is C18H26Cl2N2O3. The zero-order chi connectivity index (χ0) is 16.7. The molecule has 0 aliphatic heterocycles. The molecule has 0 radical (unpaired) electrons. The van der Waals surface area contributed by atoms with E-state index in [1.165, 1.54) is 0 Å². The summed E-state index contributed by atoms with van der Waals surface area (Å²) in [5.41, 5.74) is 1.04. The quantitative estimate of drug-likeness (QED) is 0.637. The van der Waals surface area contributed by atoms with E-state index < -0.39 is 5.97 Å². The van der Waals surface area contributed by atoms with E-state index in [0.29, 0.717) is 12.3 Å². The molecule has 1 aromatic carbocycles. The minimum Gasteiger partial charge on any atom is -0.478 e. The molecule has 2 aromatic rings. The lowest BCUT2D eigenvalue weighted by atomic mass is 10.1. The molecular weight excluding hydrogens is 363 g/mol. The van der Waals surface area contributed by atoms with Gasteiger partial charge in [0.2, 0.25) is 0 Å². The largest absolute Gasteiger partial charge is 0.478 e. The molecule has 1 aromatic heterocycles. The maximum Gasteiger partial charge on any atom is 0.335 e. The van der Waals surface area contributed by atoms with Gasteiger partial charge >= 0.3 is 5.97 Å². The maximum atomic E-state index is 11.0.